The van der Waals surface area contributed by atoms with E-state index in [9.17, 15) is 10.2 Å². The molecule has 1 fully saturated rings. The molecule has 0 unspecified atom stereocenters. The van der Waals surface area contributed by atoms with Gasteiger partial charge in [0.2, 0.25) is 0 Å². The third-order valence-electron chi connectivity index (χ3n) is 3.47. The van der Waals surface area contributed by atoms with Crippen LogP contribution >= 0.6 is 23.2 Å². The lowest BCUT2D eigenvalue weighted by atomic mass is 10.00. The number of benzene rings is 1. The third kappa shape index (κ3) is 2.00. The van der Waals surface area contributed by atoms with Gasteiger partial charge in [-0.15, -0.1) is 0 Å². The molecule has 0 spiro atoms. The Morgan fingerprint density at radius 3 is 2.70 bits per heavy atom. The first-order chi connectivity index (χ1) is 9.54. The van der Waals surface area contributed by atoms with E-state index in [2.05, 4.69) is 9.97 Å². The minimum absolute atomic E-state index is 0.209. The summed E-state index contributed by atoms with van der Waals surface area (Å²) in [6, 6.07) is 1.62. The molecule has 1 saturated heterocycles. The maximum absolute atomic E-state index is 10.1. The number of imidazole rings is 1. The quantitative estimate of drug-likeness (QED) is 0.662. The molecule has 3 rings (SSSR count). The minimum Gasteiger partial charge on any atom is -0.394 e. The van der Waals surface area contributed by atoms with Gasteiger partial charge in [-0.2, -0.15) is 0 Å². The number of aromatic amines is 1. The van der Waals surface area contributed by atoms with Gasteiger partial charge in [0.15, 0.2) is 0 Å². The second-order valence-electron chi connectivity index (χ2n) is 4.64. The summed E-state index contributed by atoms with van der Waals surface area (Å²) in [5.41, 5.74) is 1.55. The van der Waals surface area contributed by atoms with Crippen LogP contribution < -0.4 is 0 Å². The molecule has 0 aliphatic carbocycles. The largest absolute Gasteiger partial charge is 0.394 e. The highest BCUT2D eigenvalue weighted by Gasteiger charge is 2.44. The molecule has 4 N–H and O–H groups in total. The van der Waals surface area contributed by atoms with E-state index in [-0.39, 0.29) is 10.0 Å². The first kappa shape index (κ1) is 14.1. The van der Waals surface area contributed by atoms with E-state index >= 15 is 0 Å². The molecule has 1 aromatic heterocycles. The maximum Gasteiger partial charge on any atom is 0.115 e. The molecule has 20 heavy (non-hydrogen) atoms. The van der Waals surface area contributed by atoms with Crippen LogP contribution in [0.5, 0.6) is 0 Å². The van der Waals surface area contributed by atoms with Crippen LogP contribution in [-0.2, 0) is 4.74 Å². The Hall–Kier alpha value is -0.890. The number of hydrogen-bond acceptors (Lipinski definition) is 5. The Bertz CT molecular complexity index is 648. The highest BCUT2D eigenvalue weighted by molar-refractivity contribution is 6.43. The SMILES string of the molecule is OC[C@H]1O[C@@H](c2c(Cl)c(Cl)cc3[nH]cnc23)[C@@H](O)[C@@H]1O. The molecule has 8 heteroatoms. The van der Waals surface area contributed by atoms with Crippen molar-refractivity contribution in [3.8, 4) is 0 Å². The van der Waals surface area contributed by atoms with Crippen molar-refractivity contribution in [3.05, 3.63) is 28.0 Å². The van der Waals surface area contributed by atoms with Gasteiger partial charge in [-0.1, -0.05) is 23.2 Å². The summed E-state index contributed by atoms with van der Waals surface area (Å²) in [6.45, 7) is -0.406. The van der Waals surface area contributed by atoms with Crippen LogP contribution in [0.1, 0.15) is 11.7 Å². The Labute approximate surface area is 123 Å². The summed E-state index contributed by atoms with van der Waals surface area (Å²) >= 11 is 12.2. The highest BCUT2D eigenvalue weighted by Crippen LogP contribution is 2.42. The predicted octanol–water partition coefficient (Wildman–Crippen LogP) is 1.02. The lowest BCUT2D eigenvalue weighted by Gasteiger charge is -2.17. The van der Waals surface area contributed by atoms with Gasteiger partial charge in [-0.05, 0) is 6.07 Å². The van der Waals surface area contributed by atoms with Gasteiger partial charge >= 0.3 is 0 Å². The molecular weight excluding hydrogens is 307 g/mol. The zero-order valence-corrected chi connectivity index (χ0v) is 11.6. The number of H-pyrrole nitrogens is 1. The lowest BCUT2D eigenvalue weighted by molar-refractivity contribution is -0.0223. The van der Waals surface area contributed by atoms with Gasteiger partial charge < -0.3 is 25.0 Å². The monoisotopic (exact) mass is 318 g/mol. The summed E-state index contributed by atoms with van der Waals surface area (Å²) < 4.78 is 5.49. The number of rotatable bonds is 2. The van der Waals surface area contributed by atoms with Crippen LogP contribution in [0.4, 0.5) is 0 Å². The van der Waals surface area contributed by atoms with E-state index < -0.39 is 31.0 Å². The zero-order chi connectivity index (χ0) is 14.4. The van der Waals surface area contributed by atoms with Gasteiger partial charge in [0.05, 0.1) is 34.0 Å². The summed E-state index contributed by atoms with van der Waals surface area (Å²) in [4.78, 5) is 7.04. The van der Waals surface area contributed by atoms with Crippen molar-refractivity contribution in [2.75, 3.05) is 6.61 Å². The van der Waals surface area contributed by atoms with Crippen molar-refractivity contribution in [3.63, 3.8) is 0 Å². The number of nitrogens with zero attached hydrogens (tertiary/aromatic N) is 1. The first-order valence-electron chi connectivity index (χ1n) is 5.98. The van der Waals surface area contributed by atoms with E-state index in [4.69, 9.17) is 33.0 Å². The molecule has 0 radical (unpaired) electrons. The normalized spacial score (nSPS) is 30.2. The summed E-state index contributed by atoms with van der Waals surface area (Å²) in [7, 11) is 0. The Morgan fingerprint density at radius 2 is 2.05 bits per heavy atom. The molecule has 2 aromatic rings. The molecule has 2 heterocycles. The van der Waals surface area contributed by atoms with Crippen molar-refractivity contribution in [2.45, 2.75) is 24.4 Å². The molecule has 4 atom stereocenters. The van der Waals surface area contributed by atoms with E-state index in [1.165, 1.54) is 6.33 Å². The van der Waals surface area contributed by atoms with E-state index in [0.29, 0.717) is 16.6 Å². The average Bonchev–Trinajstić information content (AvgIpc) is 2.99. The van der Waals surface area contributed by atoms with E-state index in [1.807, 2.05) is 0 Å². The number of aliphatic hydroxyl groups excluding tert-OH is 3. The fourth-order valence-corrected chi connectivity index (χ4v) is 2.91. The summed E-state index contributed by atoms with van der Waals surface area (Å²) in [6.07, 6.45) is -2.72. The lowest BCUT2D eigenvalue weighted by Crippen LogP contribution is -2.32. The standard InChI is InChI=1S/C12H12Cl2N2O4/c13-4-1-5-9(16-3-15-5)7(8(4)14)12-11(19)10(18)6(2-17)20-12/h1,3,6,10-12,17-19H,2H2,(H,15,16)/t6-,10-,11+,12+/m1/s1. The Balaban J connectivity index is 2.15. The summed E-state index contributed by atoms with van der Waals surface area (Å²) in [5, 5.41) is 29.6. The molecular formula is C12H12Cl2N2O4. The van der Waals surface area contributed by atoms with Crippen LogP contribution in [0.2, 0.25) is 10.0 Å². The van der Waals surface area contributed by atoms with Crippen LogP contribution in [0.15, 0.2) is 12.4 Å². The van der Waals surface area contributed by atoms with Crippen LogP contribution in [0.3, 0.4) is 0 Å². The second kappa shape index (κ2) is 5.14. The predicted molar refractivity (Wildman–Crippen MR) is 72.8 cm³/mol. The van der Waals surface area contributed by atoms with Crippen molar-refractivity contribution in [2.24, 2.45) is 0 Å². The molecule has 108 valence electrons. The highest BCUT2D eigenvalue weighted by atomic mass is 35.5. The Morgan fingerprint density at radius 1 is 1.30 bits per heavy atom. The van der Waals surface area contributed by atoms with Gasteiger partial charge in [0.25, 0.3) is 0 Å². The molecule has 1 aliphatic rings. The van der Waals surface area contributed by atoms with Gasteiger partial charge in [-0.3, -0.25) is 0 Å². The van der Waals surface area contributed by atoms with Crippen molar-refractivity contribution < 1.29 is 20.1 Å². The Kier molecular flexibility index (Phi) is 3.62. The molecule has 1 aromatic carbocycles. The molecule has 6 nitrogen and oxygen atoms in total. The molecule has 0 saturated carbocycles. The third-order valence-corrected chi connectivity index (χ3v) is 4.27. The molecule has 1 aliphatic heterocycles. The number of ether oxygens (including phenoxy) is 1. The van der Waals surface area contributed by atoms with Crippen LogP contribution in [0.25, 0.3) is 11.0 Å². The van der Waals surface area contributed by atoms with E-state index in [1.54, 1.807) is 6.07 Å². The first-order valence-corrected chi connectivity index (χ1v) is 6.73. The second-order valence-corrected chi connectivity index (χ2v) is 5.43. The molecule has 0 bridgehead atoms. The average molecular weight is 319 g/mol. The number of nitrogens with one attached hydrogen (secondary N) is 1. The maximum atomic E-state index is 10.1. The number of aliphatic hydroxyl groups is 3. The van der Waals surface area contributed by atoms with Gasteiger partial charge in [-0.25, -0.2) is 4.98 Å². The smallest absolute Gasteiger partial charge is 0.115 e. The minimum atomic E-state index is -1.22. The summed E-state index contributed by atoms with van der Waals surface area (Å²) in [5.74, 6) is 0. The fraction of sp³-hybridized carbons (Fsp3) is 0.417. The number of fused-ring (bicyclic) bond motifs is 1. The van der Waals surface area contributed by atoms with Crippen LogP contribution in [0, 0.1) is 0 Å². The molecule has 0 amide bonds. The van der Waals surface area contributed by atoms with Gasteiger partial charge in [0, 0.05) is 5.56 Å². The van der Waals surface area contributed by atoms with Gasteiger partial charge in [0.1, 0.15) is 24.4 Å². The number of aromatic nitrogens is 2. The van der Waals surface area contributed by atoms with E-state index in [0.717, 1.165) is 0 Å². The van der Waals surface area contributed by atoms with Crippen molar-refractivity contribution >= 4 is 34.2 Å². The van der Waals surface area contributed by atoms with Crippen molar-refractivity contribution in [1.29, 1.82) is 0 Å². The zero-order valence-electron chi connectivity index (χ0n) is 10.1. The number of halogens is 2. The van der Waals surface area contributed by atoms with Crippen molar-refractivity contribution in [1.82, 2.24) is 9.97 Å². The van der Waals surface area contributed by atoms with Crippen LogP contribution in [-0.4, -0.2) is 50.2 Å². The topological polar surface area (TPSA) is 98.6 Å². The fourth-order valence-electron chi connectivity index (χ4n) is 2.45. The number of hydrogen-bond donors (Lipinski definition) is 4.